The Labute approximate surface area is 90.5 Å². The second-order valence-electron chi connectivity index (χ2n) is 4.07. The molecule has 84 valence electrons. The van der Waals surface area contributed by atoms with Crippen molar-refractivity contribution < 1.29 is 4.42 Å². The van der Waals surface area contributed by atoms with Crippen LogP contribution in [0.2, 0.25) is 0 Å². The molecule has 0 aliphatic carbocycles. The molecule has 0 aromatic carbocycles. The van der Waals surface area contributed by atoms with Gasteiger partial charge >= 0.3 is 0 Å². The van der Waals surface area contributed by atoms with Crippen LogP contribution in [-0.4, -0.2) is 31.2 Å². The number of hydrogen-bond acceptors (Lipinski definition) is 4. The molecule has 1 atom stereocenters. The molecular formula is C11H19N3O. The van der Waals surface area contributed by atoms with Crippen LogP contribution in [0.15, 0.2) is 10.6 Å². The molecule has 1 aliphatic heterocycles. The third kappa shape index (κ3) is 3.04. The van der Waals surface area contributed by atoms with Crippen molar-refractivity contribution in [2.24, 2.45) is 0 Å². The molecule has 0 spiro atoms. The zero-order chi connectivity index (χ0) is 10.5. The average Bonchev–Trinajstić information content (AvgIpc) is 2.87. The molecule has 2 N–H and O–H groups in total. The van der Waals surface area contributed by atoms with Crippen molar-refractivity contribution in [1.29, 1.82) is 0 Å². The van der Waals surface area contributed by atoms with E-state index >= 15 is 0 Å². The SMILES string of the molecule is CNCCc1cnc(CC2CCCN2)o1. The van der Waals surface area contributed by atoms with Gasteiger partial charge < -0.3 is 15.1 Å². The number of oxazole rings is 1. The standard InChI is InChI=1S/C11H19N3O/c1-12-6-4-10-8-14-11(15-10)7-9-3-2-5-13-9/h8-9,12-13H,2-7H2,1H3. The van der Waals surface area contributed by atoms with Gasteiger partial charge in [0.25, 0.3) is 0 Å². The lowest BCUT2D eigenvalue weighted by atomic mass is 10.2. The minimum Gasteiger partial charge on any atom is -0.446 e. The summed E-state index contributed by atoms with van der Waals surface area (Å²) in [7, 11) is 1.94. The average molecular weight is 209 g/mol. The van der Waals surface area contributed by atoms with E-state index in [9.17, 15) is 0 Å². The highest BCUT2D eigenvalue weighted by Crippen LogP contribution is 2.12. The minimum atomic E-state index is 0.570. The maximum absolute atomic E-state index is 5.66. The maximum atomic E-state index is 5.66. The van der Waals surface area contributed by atoms with E-state index in [4.69, 9.17) is 4.42 Å². The van der Waals surface area contributed by atoms with Gasteiger partial charge in [-0.3, -0.25) is 0 Å². The molecular weight excluding hydrogens is 190 g/mol. The number of likely N-dealkylation sites (N-methyl/N-ethyl adjacent to an activating group) is 1. The van der Waals surface area contributed by atoms with Gasteiger partial charge in [-0.05, 0) is 26.4 Å². The van der Waals surface area contributed by atoms with Crippen LogP contribution in [0.5, 0.6) is 0 Å². The fourth-order valence-corrected chi connectivity index (χ4v) is 1.95. The van der Waals surface area contributed by atoms with Crippen LogP contribution in [0.4, 0.5) is 0 Å². The Morgan fingerprint density at radius 1 is 1.67 bits per heavy atom. The zero-order valence-corrected chi connectivity index (χ0v) is 9.25. The van der Waals surface area contributed by atoms with E-state index in [-0.39, 0.29) is 0 Å². The highest BCUT2D eigenvalue weighted by atomic mass is 16.4. The summed E-state index contributed by atoms with van der Waals surface area (Å²) in [5.74, 6) is 1.86. The third-order valence-corrected chi connectivity index (χ3v) is 2.81. The second-order valence-corrected chi connectivity index (χ2v) is 4.07. The van der Waals surface area contributed by atoms with Crippen molar-refractivity contribution in [3.8, 4) is 0 Å². The Bertz CT molecular complexity index is 292. The van der Waals surface area contributed by atoms with Crippen LogP contribution in [0, 0.1) is 0 Å². The van der Waals surface area contributed by atoms with Crippen LogP contribution in [0.1, 0.15) is 24.5 Å². The lowest BCUT2D eigenvalue weighted by molar-refractivity contribution is 0.426. The monoisotopic (exact) mass is 209 g/mol. The number of nitrogens with one attached hydrogen (secondary N) is 2. The third-order valence-electron chi connectivity index (χ3n) is 2.81. The van der Waals surface area contributed by atoms with Crippen LogP contribution < -0.4 is 10.6 Å². The predicted octanol–water partition coefficient (Wildman–Crippen LogP) is 0.731. The molecule has 0 saturated carbocycles. The van der Waals surface area contributed by atoms with Gasteiger partial charge in [-0.25, -0.2) is 4.98 Å². The van der Waals surface area contributed by atoms with E-state index in [1.807, 2.05) is 13.2 Å². The molecule has 4 nitrogen and oxygen atoms in total. The summed E-state index contributed by atoms with van der Waals surface area (Å²) in [5, 5.41) is 6.54. The van der Waals surface area contributed by atoms with E-state index < -0.39 is 0 Å². The zero-order valence-electron chi connectivity index (χ0n) is 9.25. The van der Waals surface area contributed by atoms with Crippen molar-refractivity contribution in [3.63, 3.8) is 0 Å². The summed E-state index contributed by atoms with van der Waals surface area (Å²) in [4.78, 5) is 4.30. The molecule has 2 heterocycles. The van der Waals surface area contributed by atoms with Crippen molar-refractivity contribution >= 4 is 0 Å². The summed E-state index contributed by atoms with van der Waals surface area (Å²) >= 11 is 0. The molecule has 4 heteroatoms. The molecule has 0 radical (unpaired) electrons. The number of nitrogens with zero attached hydrogens (tertiary/aromatic N) is 1. The largest absolute Gasteiger partial charge is 0.446 e. The Hall–Kier alpha value is -0.870. The van der Waals surface area contributed by atoms with E-state index in [0.717, 1.165) is 37.6 Å². The highest BCUT2D eigenvalue weighted by molar-refractivity contribution is 4.97. The normalized spacial score (nSPS) is 21.0. The summed E-state index contributed by atoms with van der Waals surface area (Å²) in [6, 6.07) is 0.570. The summed E-state index contributed by atoms with van der Waals surface area (Å²) in [6.07, 6.45) is 6.22. The van der Waals surface area contributed by atoms with Gasteiger partial charge in [0.15, 0.2) is 5.89 Å². The first-order chi connectivity index (χ1) is 7.38. The van der Waals surface area contributed by atoms with E-state index in [1.165, 1.54) is 12.8 Å². The Balaban J connectivity index is 1.83. The fourth-order valence-electron chi connectivity index (χ4n) is 1.95. The van der Waals surface area contributed by atoms with Gasteiger partial charge in [0.2, 0.25) is 0 Å². The molecule has 1 aromatic heterocycles. The Kier molecular flexibility index (Phi) is 3.75. The van der Waals surface area contributed by atoms with Gasteiger partial charge in [-0.15, -0.1) is 0 Å². The lowest BCUT2D eigenvalue weighted by Crippen LogP contribution is -2.23. The molecule has 0 amide bonds. The molecule has 1 fully saturated rings. The summed E-state index contributed by atoms with van der Waals surface area (Å²) < 4.78 is 5.66. The van der Waals surface area contributed by atoms with Crippen LogP contribution >= 0.6 is 0 Å². The predicted molar refractivity (Wildman–Crippen MR) is 58.9 cm³/mol. The van der Waals surface area contributed by atoms with Gasteiger partial charge in [-0.2, -0.15) is 0 Å². The first-order valence-corrected chi connectivity index (χ1v) is 5.70. The Morgan fingerprint density at radius 2 is 2.60 bits per heavy atom. The first kappa shape index (κ1) is 10.6. The van der Waals surface area contributed by atoms with Gasteiger partial charge in [0, 0.05) is 25.4 Å². The smallest absolute Gasteiger partial charge is 0.195 e. The molecule has 2 rings (SSSR count). The van der Waals surface area contributed by atoms with Crippen molar-refractivity contribution in [3.05, 3.63) is 17.8 Å². The van der Waals surface area contributed by atoms with Crippen LogP contribution in [-0.2, 0) is 12.8 Å². The minimum absolute atomic E-state index is 0.570. The second kappa shape index (κ2) is 5.28. The van der Waals surface area contributed by atoms with Gasteiger partial charge in [0.05, 0.1) is 6.20 Å². The molecule has 1 aliphatic rings. The molecule has 1 unspecified atom stereocenters. The van der Waals surface area contributed by atoms with E-state index in [1.54, 1.807) is 0 Å². The van der Waals surface area contributed by atoms with Crippen molar-refractivity contribution in [1.82, 2.24) is 15.6 Å². The van der Waals surface area contributed by atoms with Crippen molar-refractivity contribution in [2.45, 2.75) is 31.7 Å². The van der Waals surface area contributed by atoms with Crippen LogP contribution in [0.3, 0.4) is 0 Å². The van der Waals surface area contributed by atoms with Gasteiger partial charge in [0.1, 0.15) is 5.76 Å². The van der Waals surface area contributed by atoms with Gasteiger partial charge in [-0.1, -0.05) is 0 Å². The summed E-state index contributed by atoms with van der Waals surface area (Å²) in [6.45, 7) is 2.08. The number of rotatable bonds is 5. The number of hydrogen-bond donors (Lipinski definition) is 2. The molecule has 15 heavy (non-hydrogen) atoms. The summed E-state index contributed by atoms with van der Waals surface area (Å²) in [5.41, 5.74) is 0. The Morgan fingerprint density at radius 3 is 3.33 bits per heavy atom. The van der Waals surface area contributed by atoms with Crippen LogP contribution in [0.25, 0.3) is 0 Å². The molecule has 0 bridgehead atoms. The quantitative estimate of drug-likeness (QED) is 0.750. The highest BCUT2D eigenvalue weighted by Gasteiger charge is 2.16. The first-order valence-electron chi connectivity index (χ1n) is 5.70. The number of aromatic nitrogens is 1. The van der Waals surface area contributed by atoms with E-state index in [2.05, 4.69) is 15.6 Å². The fraction of sp³-hybridized carbons (Fsp3) is 0.727. The maximum Gasteiger partial charge on any atom is 0.195 e. The lowest BCUT2D eigenvalue weighted by Gasteiger charge is -2.05. The molecule has 1 saturated heterocycles. The van der Waals surface area contributed by atoms with Crippen molar-refractivity contribution in [2.75, 3.05) is 20.1 Å². The van der Waals surface area contributed by atoms with E-state index in [0.29, 0.717) is 6.04 Å². The topological polar surface area (TPSA) is 50.1 Å². The molecule has 1 aromatic rings.